The highest BCUT2D eigenvalue weighted by Crippen LogP contribution is 2.20. The molecule has 1 aliphatic heterocycles. The molecule has 0 aromatic heterocycles. The number of carbonyl (C=O) groups is 1. The molecule has 0 radical (unpaired) electrons. The molecular weight excluding hydrogens is 164 g/mol. The van der Waals surface area contributed by atoms with Crippen LogP contribution in [0.1, 0.15) is 35.3 Å². The smallest absolute Gasteiger partial charge is 0.338 e. The number of hydrogen-bond acceptors (Lipinski definition) is 2. The zero-order valence-corrected chi connectivity index (χ0v) is 8.26. The second-order valence-corrected chi connectivity index (χ2v) is 2.74. The predicted molar refractivity (Wildman–Crippen MR) is 51.6 cm³/mol. The van der Waals surface area contributed by atoms with E-state index in [9.17, 15) is 4.79 Å². The lowest BCUT2D eigenvalue weighted by Crippen LogP contribution is -1.93. The molecule has 1 aliphatic rings. The monoisotopic (exact) mass is 178 g/mol. The third-order valence-electron chi connectivity index (χ3n) is 1.84. The Bertz CT molecular complexity index is 316. The first-order chi connectivity index (χ1) is 6.27. The second-order valence-electron chi connectivity index (χ2n) is 2.74. The molecule has 0 aliphatic carbocycles. The van der Waals surface area contributed by atoms with E-state index < -0.39 is 0 Å². The standard InChI is InChI=1S/C9H8O2.C2H6/c1-6-2-3-7-5-11-9(10)8(7)4-6;1-2/h2-4H,5H2,1H3;1-2H3. The van der Waals surface area contributed by atoms with Gasteiger partial charge in [0.2, 0.25) is 0 Å². The van der Waals surface area contributed by atoms with Crippen molar-refractivity contribution in [3.05, 3.63) is 34.9 Å². The Hall–Kier alpha value is -1.31. The predicted octanol–water partition coefficient (Wildman–Crippen LogP) is 2.69. The number of fused-ring (bicyclic) bond motifs is 1. The van der Waals surface area contributed by atoms with Crippen LogP contribution in [0.4, 0.5) is 0 Å². The fraction of sp³-hybridized carbons (Fsp3) is 0.364. The minimum atomic E-state index is -0.191. The molecule has 0 atom stereocenters. The van der Waals surface area contributed by atoms with Gasteiger partial charge in [0.05, 0.1) is 5.56 Å². The van der Waals surface area contributed by atoms with E-state index in [4.69, 9.17) is 4.74 Å². The largest absolute Gasteiger partial charge is 0.457 e. The van der Waals surface area contributed by atoms with Gasteiger partial charge in [-0.2, -0.15) is 0 Å². The van der Waals surface area contributed by atoms with Gasteiger partial charge in [-0.3, -0.25) is 0 Å². The number of ether oxygens (including phenoxy) is 1. The quantitative estimate of drug-likeness (QED) is 0.571. The van der Waals surface area contributed by atoms with E-state index in [0.29, 0.717) is 6.61 Å². The summed E-state index contributed by atoms with van der Waals surface area (Å²) < 4.78 is 4.84. The summed E-state index contributed by atoms with van der Waals surface area (Å²) >= 11 is 0. The van der Waals surface area contributed by atoms with Gasteiger partial charge in [0.25, 0.3) is 0 Å². The molecule has 1 heterocycles. The summed E-state index contributed by atoms with van der Waals surface area (Å²) in [4.78, 5) is 11.0. The lowest BCUT2D eigenvalue weighted by Gasteiger charge is -1.93. The molecule has 1 aromatic rings. The SMILES string of the molecule is CC.Cc1ccc2c(c1)C(=O)OC2. The minimum Gasteiger partial charge on any atom is -0.457 e. The van der Waals surface area contributed by atoms with Gasteiger partial charge in [-0.25, -0.2) is 4.79 Å². The van der Waals surface area contributed by atoms with Crippen molar-refractivity contribution >= 4 is 5.97 Å². The molecule has 13 heavy (non-hydrogen) atoms. The van der Waals surface area contributed by atoms with Crippen LogP contribution in [-0.2, 0) is 11.3 Å². The van der Waals surface area contributed by atoms with Crippen molar-refractivity contribution in [2.24, 2.45) is 0 Å². The third kappa shape index (κ3) is 1.89. The first-order valence-electron chi connectivity index (χ1n) is 4.54. The topological polar surface area (TPSA) is 26.3 Å². The Morgan fingerprint density at radius 2 is 2.00 bits per heavy atom. The van der Waals surface area contributed by atoms with Crippen LogP contribution in [0.3, 0.4) is 0 Å². The van der Waals surface area contributed by atoms with Crippen molar-refractivity contribution in [1.82, 2.24) is 0 Å². The Labute approximate surface area is 78.5 Å². The van der Waals surface area contributed by atoms with E-state index in [1.165, 1.54) is 0 Å². The van der Waals surface area contributed by atoms with Crippen LogP contribution in [0.2, 0.25) is 0 Å². The van der Waals surface area contributed by atoms with E-state index in [-0.39, 0.29) is 5.97 Å². The summed E-state index contributed by atoms with van der Waals surface area (Å²) in [7, 11) is 0. The molecule has 70 valence electrons. The van der Waals surface area contributed by atoms with Crippen LogP contribution in [0.15, 0.2) is 18.2 Å². The van der Waals surface area contributed by atoms with Crippen LogP contribution in [0.5, 0.6) is 0 Å². The lowest BCUT2D eigenvalue weighted by molar-refractivity contribution is 0.0535. The Balaban J connectivity index is 0.000000396. The number of carbonyl (C=O) groups excluding carboxylic acids is 1. The van der Waals surface area contributed by atoms with Crippen LogP contribution in [-0.4, -0.2) is 5.97 Å². The van der Waals surface area contributed by atoms with E-state index in [1.54, 1.807) is 0 Å². The minimum absolute atomic E-state index is 0.191. The van der Waals surface area contributed by atoms with Crippen LogP contribution >= 0.6 is 0 Å². The van der Waals surface area contributed by atoms with Gasteiger partial charge in [-0.05, 0) is 13.0 Å². The lowest BCUT2D eigenvalue weighted by atomic mass is 10.1. The van der Waals surface area contributed by atoms with Crippen molar-refractivity contribution in [1.29, 1.82) is 0 Å². The number of benzene rings is 1. The summed E-state index contributed by atoms with van der Waals surface area (Å²) in [5, 5.41) is 0. The molecule has 2 heteroatoms. The molecule has 0 saturated heterocycles. The Morgan fingerprint density at radius 3 is 2.69 bits per heavy atom. The molecule has 0 bridgehead atoms. The van der Waals surface area contributed by atoms with Gasteiger partial charge in [0, 0.05) is 5.56 Å². The molecule has 2 rings (SSSR count). The normalized spacial score (nSPS) is 12.7. The van der Waals surface area contributed by atoms with E-state index >= 15 is 0 Å². The maximum Gasteiger partial charge on any atom is 0.338 e. The molecule has 0 unspecified atom stereocenters. The molecule has 0 amide bonds. The number of cyclic esters (lactones) is 1. The van der Waals surface area contributed by atoms with Crippen LogP contribution in [0, 0.1) is 6.92 Å². The van der Waals surface area contributed by atoms with Crippen molar-refractivity contribution < 1.29 is 9.53 Å². The second kappa shape index (κ2) is 4.08. The summed E-state index contributed by atoms with van der Waals surface area (Å²) in [6, 6.07) is 5.79. The number of aryl methyl sites for hydroxylation is 1. The Kier molecular flexibility index (Phi) is 3.07. The van der Waals surface area contributed by atoms with Gasteiger partial charge in [-0.15, -0.1) is 0 Å². The first kappa shape index (κ1) is 9.78. The number of hydrogen-bond donors (Lipinski definition) is 0. The number of esters is 1. The molecule has 2 nitrogen and oxygen atoms in total. The van der Waals surface area contributed by atoms with Gasteiger partial charge in [-0.1, -0.05) is 31.5 Å². The Morgan fingerprint density at radius 1 is 1.31 bits per heavy atom. The zero-order valence-electron chi connectivity index (χ0n) is 8.26. The third-order valence-corrected chi connectivity index (χ3v) is 1.84. The van der Waals surface area contributed by atoms with Crippen LogP contribution in [0.25, 0.3) is 0 Å². The van der Waals surface area contributed by atoms with Crippen molar-refractivity contribution in [3.63, 3.8) is 0 Å². The summed E-state index contributed by atoms with van der Waals surface area (Å²) in [6.45, 7) is 6.40. The van der Waals surface area contributed by atoms with Crippen LogP contribution < -0.4 is 0 Å². The van der Waals surface area contributed by atoms with E-state index in [2.05, 4.69) is 0 Å². The van der Waals surface area contributed by atoms with E-state index in [0.717, 1.165) is 16.7 Å². The summed E-state index contributed by atoms with van der Waals surface area (Å²) in [5.74, 6) is -0.191. The summed E-state index contributed by atoms with van der Waals surface area (Å²) in [6.07, 6.45) is 0. The van der Waals surface area contributed by atoms with Gasteiger partial charge < -0.3 is 4.74 Å². The maximum absolute atomic E-state index is 11.0. The fourth-order valence-electron chi connectivity index (χ4n) is 1.23. The molecule has 0 N–H and O–H groups in total. The first-order valence-corrected chi connectivity index (χ1v) is 4.54. The van der Waals surface area contributed by atoms with Crippen molar-refractivity contribution in [3.8, 4) is 0 Å². The van der Waals surface area contributed by atoms with Crippen molar-refractivity contribution in [2.75, 3.05) is 0 Å². The molecular formula is C11H14O2. The summed E-state index contributed by atoms with van der Waals surface area (Å²) in [5.41, 5.74) is 2.83. The van der Waals surface area contributed by atoms with Crippen molar-refractivity contribution in [2.45, 2.75) is 27.4 Å². The van der Waals surface area contributed by atoms with Gasteiger partial charge in [0.1, 0.15) is 6.61 Å². The molecule has 0 spiro atoms. The highest BCUT2D eigenvalue weighted by atomic mass is 16.5. The highest BCUT2D eigenvalue weighted by Gasteiger charge is 2.19. The van der Waals surface area contributed by atoms with Gasteiger partial charge >= 0.3 is 5.97 Å². The maximum atomic E-state index is 11.0. The van der Waals surface area contributed by atoms with E-state index in [1.807, 2.05) is 39.0 Å². The zero-order chi connectivity index (χ0) is 9.84. The average Bonchev–Trinajstić information content (AvgIpc) is 2.52. The average molecular weight is 178 g/mol. The number of rotatable bonds is 0. The molecule has 1 aromatic carbocycles. The molecule has 0 fully saturated rings. The molecule has 0 saturated carbocycles. The fourth-order valence-corrected chi connectivity index (χ4v) is 1.23. The van der Waals surface area contributed by atoms with Gasteiger partial charge in [0.15, 0.2) is 0 Å². The highest BCUT2D eigenvalue weighted by molar-refractivity contribution is 5.93.